The van der Waals surface area contributed by atoms with E-state index in [2.05, 4.69) is 0 Å². The normalized spacial score (nSPS) is 14.9. The zero-order chi connectivity index (χ0) is 26.7. The molecule has 1 aromatic heterocycles. The van der Waals surface area contributed by atoms with Crippen LogP contribution in [0.1, 0.15) is 72.8 Å². The van der Waals surface area contributed by atoms with E-state index >= 15 is 0 Å². The largest absolute Gasteiger partial charge is 0.507 e. The van der Waals surface area contributed by atoms with Gasteiger partial charge in [0, 0.05) is 17.7 Å². The van der Waals surface area contributed by atoms with Crippen LogP contribution in [0.25, 0.3) is 0 Å². The Morgan fingerprint density at radius 2 is 1.59 bits per heavy atom. The zero-order valence-electron chi connectivity index (χ0n) is 21.0. The number of nitrogens with zero attached hydrogens (tertiary/aromatic N) is 1. The van der Waals surface area contributed by atoms with E-state index in [1.165, 1.54) is 23.1 Å². The minimum atomic E-state index is -4.22. The van der Waals surface area contributed by atoms with Crippen molar-refractivity contribution in [2.24, 2.45) is 11.1 Å². The standard InChI is InChI=1S/C28H32N2O6S/c1-18(2)25(24-26(31)20-14-8-3-4-9-16-22(20)36-28(24)33)30(19-12-6-5-7-13-19)27(32)21-15-10-11-17-23(21)37(29,34)35/h5-7,10-13,15,17-18,25,31H,3-4,8-9,14,16H2,1-2H3,(H2,29,34,35). The van der Waals surface area contributed by atoms with Crippen molar-refractivity contribution in [3.8, 4) is 5.75 Å². The average Bonchev–Trinajstić information content (AvgIpc) is 2.84. The second kappa shape index (κ2) is 10.9. The Morgan fingerprint density at radius 3 is 2.24 bits per heavy atom. The maximum atomic E-state index is 14.1. The Hall–Kier alpha value is -3.43. The molecular weight excluding hydrogens is 492 g/mol. The summed E-state index contributed by atoms with van der Waals surface area (Å²) >= 11 is 0. The molecule has 8 nitrogen and oxygen atoms in total. The quantitative estimate of drug-likeness (QED) is 0.481. The number of rotatable bonds is 6. The van der Waals surface area contributed by atoms with E-state index in [-0.39, 0.29) is 27.7 Å². The fourth-order valence-corrected chi connectivity index (χ4v) is 5.79. The molecule has 0 fully saturated rings. The van der Waals surface area contributed by atoms with Crippen LogP contribution in [0.3, 0.4) is 0 Å². The molecule has 2 aromatic carbocycles. The summed E-state index contributed by atoms with van der Waals surface area (Å²) in [7, 11) is -4.22. The van der Waals surface area contributed by atoms with Gasteiger partial charge in [-0.05, 0) is 49.4 Å². The van der Waals surface area contributed by atoms with Gasteiger partial charge < -0.3 is 14.4 Å². The lowest BCUT2D eigenvalue weighted by atomic mass is 9.89. The molecular formula is C28H32N2O6S. The molecule has 0 saturated heterocycles. The highest BCUT2D eigenvalue weighted by molar-refractivity contribution is 7.89. The van der Waals surface area contributed by atoms with Crippen molar-refractivity contribution in [3.63, 3.8) is 0 Å². The first-order chi connectivity index (χ1) is 17.6. The number of sulfonamides is 1. The number of fused-ring (bicyclic) bond motifs is 1. The highest BCUT2D eigenvalue weighted by Gasteiger charge is 2.37. The van der Waals surface area contributed by atoms with Gasteiger partial charge in [-0.15, -0.1) is 0 Å². The van der Waals surface area contributed by atoms with Crippen molar-refractivity contribution in [1.82, 2.24) is 0 Å². The maximum Gasteiger partial charge on any atom is 0.345 e. The molecule has 0 spiro atoms. The summed E-state index contributed by atoms with van der Waals surface area (Å²) in [5.41, 5.74) is 0.185. The highest BCUT2D eigenvalue weighted by Crippen LogP contribution is 2.40. The Balaban J connectivity index is 1.96. The molecule has 196 valence electrons. The van der Waals surface area contributed by atoms with Gasteiger partial charge in [0.15, 0.2) is 0 Å². The second-order valence-electron chi connectivity index (χ2n) is 9.71. The molecule has 0 aliphatic heterocycles. The smallest absolute Gasteiger partial charge is 0.345 e. The van der Waals surface area contributed by atoms with Crippen LogP contribution in [0.4, 0.5) is 5.69 Å². The molecule has 37 heavy (non-hydrogen) atoms. The minimum Gasteiger partial charge on any atom is -0.507 e. The van der Waals surface area contributed by atoms with Crippen LogP contribution in [0.5, 0.6) is 5.75 Å². The Bertz CT molecular complexity index is 1450. The fourth-order valence-electron chi connectivity index (χ4n) is 5.06. The van der Waals surface area contributed by atoms with Gasteiger partial charge in [0.1, 0.15) is 17.1 Å². The van der Waals surface area contributed by atoms with Crippen molar-refractivity contribution in [1.29, 1.82) is 0 Å². The summed E-state index contributed by atoms with van der Waals surface area (Å²) in [6.07, 6.45) is 4.88. The topological polar surface area (TPSA) is 131 Å². The molecule has 0 bridgehead atoms. The van der Waals surface area contributed by atoms with Gasteiger partial charge in [0.2, 0.25) is 10.0 Å². The van der Waals surface area contributed by atoms with E-state index in [0.717, 1.165) is 25.7 Å². The Kier molecular flexibility index (Phi) is 7.85. The number of aromatic hydroxyl groups is 1. The van der Waals surface area contributed by atoms with Crippen molar-refractivity contribution in [2.75, 3.05) is 4.90 Å². The van der Waals surface area contributed by atoms with Crippen molar-refractivity contribution in [3.05, 3.63) is 87.5 Å². The summed E-state index contributed by atoms with van der Waals surface area (Å²) in [6, 6.07) is 13.4. The first-order valence-corrected chi connectivity index (χ1v) is 14.0. The molecule has 1 heterocycles. The van der Waals surface area contributed by atoms with Crippen molar-refractivity contribution in [2.45, 2.75) is 63.3 Å². The molecule has 0 saturated carbocycles. The number of para-hydroxylation sites is 1. The molecule has 1 aliphatic carbocycles. The van der Waals surface area contributed by atoms with Gasteiger partial charge in [-0.3, -0.25) is 4.79 Å². The van der Waals surface area contributed by atoms with Crippen LogP contribution in [-0.2, 0) is 22.9 Å². The maximum absolute atomic E-state index is 14.1. The lowest BCUT2D eigenvalue weighted by Crippen LogP contribution is -2.40. The number of hydrogen-bond donors (Lipinski definition) is 2. The van der Waals surface area contributed by atoms with Crippen LogP contribution in [-0.4, -0.2) is 19.4 Å². The molecule has 4 rings (SSSR count). The van der Waals surface area contributed by atoms with Crippen molar-refractivity contribution < 1.29 is 22.7 Å². The Morgan fingerprint density at radius 1 is 0.973 bits per heavy atom. The molecule has 1 atom stereocenters. The molecule has 3 N–H and O–H groups in total. The minimum absolute atomic E-state index is 0.0142. The summed E-state index contributed by atoms with van der Waals surface area (Å²) < 4.78 is 30.4. The van der Waals surface area contributed by atoms with Gasteiger partial charge in [0.25, 0.3) is 5.91 Å². The Labute approximate surface area is 216 Å². The number of carbonyl (C=O) groups excluding carboxylic acids is 1. The SMILES string of the molecule is CC(C)C(c1c(O)c2c(oc1=O)CCCCCC2)N(C(=O)c1ccccc1S(N)(=O)=O)c1ccccc1. The number of primary sulfonamides is 1. The van der Waals surface area contributed by atoms with Gasteiger partial charge in [-0.25, -0.2) is 18.4 Å². The van der Waals surface area contributed by atoms with Crippen LogP contribution in [0.2, 0.25) is 0 Å². The first-order valence-electron chi connectivity index (χ1n) is 12.5. The van der Waals surface area contributed by atoms with E-state index in [4.69, 9.17) is 9.56 Å². The summed E-state index contributed by atoms with van der Waals surface area (Å²) in [5, 5.41) is 16.9. The van der Waals surface area contributed by atoms with E-state index in [1.807, 2.05) is 13.8 Å². The van der Waals surface area contributed by atoms with Crippen LogP contribution in [0.15, 0.2) is 68.7 Å². The van der Waals surface area contributed by atoms with Gasteiger partial charge in [-0.1, -0.05) is 57.0 Å². The average molecular weight is 525 g/mol. The summed E-state index contributed by atoms with van der Waals surface area (Å²) in [4.78, 5) is 28.6. The number of nitrogens with two attached hydrogens (primary N) is 1. The molecule has 0 radical (unpaired) electrons. The van der Waals surface area contributed by atoms with Gasteiger partial charge >= 0.3 is 5.63 Å². The molecule has 1 unspecified atom stereocenters. The monoisotopic (exact) mass is 524 g/mol. The first kappa shape index (κ1) is 26.6. The van der Waals surface area contributed by atoms with E-state index in [1.54, 1.807) is 36.4 Å². The fraction of sp³-hybridized carbons (Fsp3) is 0.357. The zero-order valence-corrected chi connectivity index (χ0v) is 21.8. The number of benzene rings is 2. The van der Waals surface area contributed by atoms with E-state index in [9.17, 15) is 23.1 Å². The number of hydrogen-bond acceptors (Lipinski definition) is 6. The summed E-state index contributed by atoms with van der Waals surface area (Å²) in [5.74, 6) is -0.683. The number of aryl methyl sites for hydroxylation is 1. The van der Waals surface area contributed by atoms with Crippen LogP contribution < -0.4 is 15.7 Å². The van der Waals surface area contributed by atoms with Gasteiger partial charge in [-0.2, -0.15) is 0 Å². The van der Waals surface area contributed by atoms with Crippen molar-refractivity contribution >= 4 is 21.6 Å². The molecule has 9 heteroatoms. The van der Waals surface area contributed by atoms with Crippen LogP contribution in [0, 0.1) is 5.92 Å². The van der Waals surface area contributed by atoms with E-state index < -0.39 is 27.6 Å². The number of amides is 1. The molecule has 1 amide bonds. The summed E-state index contributed by atoms with van der Waals surface area (Å²) in [6.45, 7) is 3.66. The predicted molar refractivity (Wildman–Crippen MR) is 141 cm³/mol. The third-order valence-electron chi connectivity index (χ3n) is 6.78. The third kappa shape index (κ3) is 5.47. The molecule has 3 aromatic rings. The van der Waals surface area contributed by atoms with Crippen LogP contribution >= 0.6 is 0 Å². The lowest BCUT2D eigenvalue weighted by molar-refractivity contribution is 0.0965. The second-order valence-corrected chi connectivity index (χ2v) is 11.2. The predicted octanol–water partition coefficient (Wildman–Crippen LogP) is 4.70. The molecule has 1 aliphatic rings. The van der Waals surface area contributed by atoms with Gasteiger partial charge in [0.05, 0.1) is 16.5 Å². The number of anilines is 1. The lowest BCUT2D eigenvalue weighted by Gasteiger charge is -2.35. The number of carbonyl (C=O) groups is 1. The van der Waals surface area contributed by atoms with E-state index in [0.29, 0.717) is 29.9 Å². The highest BCUT2D eigenvalue weighted by atomic mass is 32.2. The third-order valence-corrected chi connectivity index (χ3v) is 7.75.